The first-order valence-corrected chi connectivity index (χ1v) is 12.1. The Balaban J connectivity index is 1.18. The number of ether oxygens (including phenoxy) is 1. The second-order valence-corrected chi connectivity index (χ2v) is 9.09. The first kappa shape index (κ1) is 23.5. The monoisotopic (exact) mass is 482 g/mol. The molecule has 0 saturated carbocycles. The summed E-state index contributed by atoms with van der Waals surface area (Å²) in [5.74, 6) is 0.578. The van der Waals surface area contributed by atoms with Gasteiger partial charge in [-0.2, -0.15) is 0 Å². The molecule has 0 aliphatic rings. The summed E-state index contributed by atoms with van der Waals surface area (Å²) in [7, 11) is 3.47. The Morgan fingerprint density at radius 2 is 1.81 bits per heavy atom. The summed E-state index contributed by atoms with van der Waals surface area (Å²) in [5, 5.41) is 8.35. The lowest BCUT2D eigenvalue weighted by Gasteiger charge is -2.12. The predicted octanol–water partition coefficient (Wildman–Crippen LogP) is 4.24. The zero-order valence-electron chi connectivity index (χ0n) is 21.1. The highest BCUT2D eigenvalue weighted by molar-refractivity contribution is 5.86. The fourth-order valence-electron chi connectivity index (χ4n) is 4.73. The Kier molecular flexibility index (Phi) is 6.41. The number of hydrogen-bond acceptors (Lipinski definition) is 5. The lowest BCUT2D eigenvalue weighted by molar-refractivity contribution is -0.121. The first-order chi connectivity index (χ1) is 17.4. The van der Waals surface area contributed by atoms with Crippen LogP contribution < -0.4 is 10.1 Å². The number of carbonyl (C=O) groups is 1. The molecule has 184 valence electrons. The quantitative estimate of drug-likeness (QED) is 0.357. The number of para-hydroxylation sites is 2. The molecule has 0 atom stereocenters. The van der Waals surface area contributed by atoms with E-state index in [1.165, 1.54) is 5.56 Å². The van der Waals surface area contributed by atoms with E-state index in [9.17, 15) is 4.79 Å². The highest BCUT2D eigenvalue weighted by atomic mass is 16.5. The summed E-state index contributed by atoms with van der Waals surface area (Å²) in [6, 6.07) is 16.5. The predicted molar refractivity (Wildman–Crippen MR) is 140 cm³/mol. The smallest absolute Gasteiger partial charge is 0.242 e. The van der Waals surface area contributed by atoms with Crippen molar-refractivity contribution in [1.82, 2.24) is 29.6 Å². The van der Waals surface area contributed by atoms with Gasteiger partial charge in [-0.25, -0.2) is 14.6 Å². The normalized spacial score (nSPS) is 11.3. The molecule has 0 aliphatic carbocycles. The van der Waals surface area contributed by atoms with Crippen molar-refractivity contribution in [2.45, 2.75) is 39.8 Å². The molecule has 0 radical (unpaired) electrons. The van der Waals surface area contributed by atoms with Gasteiger partial charge in [0.2, 0.25) is 11.8 Å². The van der Waals surface area contributed by atoms with Crippen molar-refractivity contribution in [2.24, 2.45) is 7.05 Å². The molecule has 5 aromatic rings. The number of aromatic nitrogens is 5. The van der Waals surface area contributed by atoms with E-state index in [4.69, 9.17) is 9.72 Å². The summed E-state index contributed by atoms with van der Waals surface area (Å²) in [6.45, 7) is 5.28. The van der Waals surface area contributed by atoms with Crippen LogP contribution in [0.4, 0.5) is 0 Å². The second-order valence-electron chi connectivity index (χ2n) is 9.09. The summed E-state index contributed by atoms with van der Waals surface area (Å²) in [6.07, 6.45) is 2.88. The molecule has 3 aromatic heterocycles. The third-order valence-corrected chi connectivity index (χ3v) is 6.71. The summed E-state index contributed by atoms with van der Waals surface area (Å²) in [5.41, 5.74) is 8.22. The average Bonchev–Trinajstić information content (AvgIpc) is 3.44. The molecule has 1 N–H and O–H groups in total. The van der Waals surface area contributed by atoms with E-state index in [2.05, 4.69) is 50.3 Å². The summed E-state index contributed by atoms with van der Waals surface area (Å²) >= 11 is 0. The average molecular weight is 483 g/mol. The molecule has 0 unspecified atom stereocenters. The van der Waals surface area contributed by atoms with Gasteiger partial charge in [-0.1, -0.05) is 36.4 Å². The molecule has 36 heavy (non-hydrogen) atoms. The fourth-order valence-corrected chi connectivity index (χ4v) is 4.73. The number of methoxy groups -OCH3 is 1. The van der Waals surface area contributed by atoms with Crippen LogP contribution in [0, 0.1) is 13.8 Å². The Morgan fingerprint density at radius 1 is 1.06 bits per heavy atom. The maximum atomic E-state index is 12.6. The van der Waals surface area contributed by atoms with E-state index in [1.807, 2.05) is 45.4 Å². The molecule has 0 spiro atoms. The van der Waals surface area contributed by atoms with Crippen LogP contribution in [0.1, 0.15) is 34.4 Å². The lowest BCUT2D eigenvalue weighted by atomic mass is 10.00. The number of fused-ring (bicyclic) bond motifs is 2. The standard InChI is InChI=1S/C28H30N6O2/c1-18-22(19(2)31-27-26(18)28(36-4)32-33(27)3)13-14-25(35)29-15-20-9-11-21(12-10-20)16-34-17-30-23-7-5-6-8-24(23)34/h5-12,17H,13-16H2,1-4H3,(H,29,35). The van der Waals surface area contributed by atoms with Crippen LogP contribution >= 0.6 is 0 Å². The summed E-state index contributed by atoms with van der Waals surface area (Å²) < 4.78 is 9.31. The number of aryl methyl sites for hydroxylation is 3. The van der Waals surface area contributed by atoms with Crippen molar-refractivity contribution >= 4 is 28.0 Å². The molecule has 8 nitrogen and oxygen atoms in total. The number of amides is 1. The maximum absolute atomic E-state index is 12.6. The molecule has 0 bridgehead atoms. The van der Waals surface area contributed by atoms with E-state index in [0.717, 1.165) is 51.0 Å². The van der Waals surface area contributed by atoms with Crippen LogP contribution in [0.25, 0.3) is 22.1 Å². The van der Waals surface area contributed by atoms with Crippen LogP contribution in [0.3, 0.4) is 0 Å². The van der Waals surface area contributed by atoms with Gasteiger partial charge in [0.25, 0.3) is 0 Å². The zero-order chi connectivity index (χ0) is 25.2. The molecular formula is C28H30N6O2. The largest absolute Gasteiger partial charge is 0.479 e. The van der Waals surface area contributed by atoms with Crippen LogP contribution in [0.5, 0.6) is 5.88 Å². The highest BCUT2D eigenvalue weighted by Crippen LogP contribution is 2.30. The van der Waals surface area contributed by atoms with Crippen molar-refractivity contribution in [1.29, 1.82) is 0 Å². The lowest BCUT2D eigenvalue weighted by Crippen LogP contribution is -2.23. The van der Waals surface area contributed by atoms with Gasteiger partial charge in [-0.15, -0.1) is 5.10 Å². The Morgan fingerprint density at radius 3 is 2.58 bits per heavy atom. The number of nitrogens with one attached hydrogen (secondary N) is 1. The number of nitrogens with zero attached hydrogens (tertiary/aromatic N) is 5. The molecule has 0 aliphatic heterocycles. The minimum atomic E-state index is 0.0148. The second kappa shape index (κ2) is 9.81. The topological polar surface area (TPSA) is 86.9 Å². The SMILES string of the molecule is COc1nn(C)c2nc(C)c(CCC(=O)NCc3ccc(Cn4cnc5ccccc54)cc3)c(C)c12. The van der Waals surface area contributed by atoms with Gasteiger partial charge in [-0.3, -0.25) is 4.79 Å². The third-order valence-electron chi connectivity index (χ3n) is 6.71. The van der Waals surface area contributed by atoms with Gasteiger partial charge in [-0.05, 0) is 54.7 Å². The number of rotatable bonds is 8. The minimum Gasteiger partial charge on any atom is -0.479 e. The molecule has 0 fully saturated rings. The molecule has 8 heteroatoms. The number of benzene rings is 2. The van der Waals surface area contributed by atoms with E-state index >= 15 is 0 Å². The molecule has 0 saturated heterocycles. The highest BCUT2D eigenvalue weighted by Gasteiger charge is 2.18. The van der Waals surface area contributed by atoms with Gasteiger partial charge < -0.3 is 14.6 Å². The van der Waals surface area contributed by atoms with Gasteiger partial charge in [0.15, 0.2) is 5.65 Å². The van der Waals surface area contributed by atoms with Crippen molar-refractivity contribution in [3.8, 4) is 5.88 Å². The van der Waals surface area contributed by atoms with Crippen LogP contribution in [-0.4, -0.2) is 37.3 Å². The Bertz CT molecular complexity index is 1550. The first-order valence-electron chi connectivity index (χ1n) is 12.1. The molecule has 3 heterocycles. The summed E-state index contributed by atoms with van der Waals surface area (Å²) in [4.78, 5) is 21.8. The van der Waals surface area contributed by atoms with Gasteiger partial charge in [0.1, 0.15) is 0 Å². The Labute approximate surface area is 209 Å². The van der Waals surface area contributed by atoms with Gasteiger partial charge in [0, 0.05) is 32.3 Å². The van der Waals surface area contributed by atoms with Crippen molar-refractivity contribution in [3.05, 3.63) is 82.8 Å². The Hall–Kier alpha value is -4.20. The van der Waals surface area contributed by atoms with E-state index in [1.54, 1.807) is 11.8 Å². The molecule has 5 rings (SSSR count). The molecular weight excluding hydrogens is 452 g/mol. The van der Waals surface area contributed by atoms with Crippen molar-refractivity contribution in [3.63, 3.8) is 0 Å². The van der Waals surface area contributed by atoms with Gasteiger partial charge >= 0.3 is 0 Å². The van der Waals surface area contributed by atoms with Crippen molar-refractivity contribution in [2.75, 3.05) is 7.11 Å². The van der Waals surface area contributed by atoms with Crippen LogP contribution in [0.2, 0.25) is 0 Å². The van der Waals surface area contributed by atoms with Crippen LogP contribution in [-0.2, 0) is 31.4 Å². The zero-order valence-corrected chi connectivity index (χ0v) is 21.1. The van der Waals surface area contributed by atoms with E-state index in [-0.39, 0.29) is 5.91 Å². The fraction of sp³-hybridized carbons (Fsp3) is 0.286. The van der Waals surface area contributed by atoms with E-state index in [0.29, 0.717) is 25.3 Å². The maximum Gasteiger partial charge on any atom is 0.242 e. The number of carbonyl (C=O) groups excluding carboxylic acids is 1. The molecule has 1 amide bonds. The van der Waals surface area contributed by atoms with E-state index < -0.39 is 0 Å². The minimum absolute atomic E-state index is 0.0148. The number of hydrogen-bond donors (Lipinski definition) is 1. The van der Waals surface area contributed by atoms with Crippen LogP contribution in [0.15, 0.2) is 54.9 Å². The number of pyridine rings is 1. The number of imidazole rings is 1. The molecule has 2 aromatic carbocycles. The van der Waals surface area contributed by atoms with Crippen molar-refractivity contribution < 1.29 is 9.53 Å². The van der Waals surface area contributed by atoms with Gasteiger partial charge in [0.05, 0.1) is 29.9 Å². The third kappa shape index (κ3) is 4.54.